The summed E-state index contributed by atoms with van der Waals surface area (Å²) >= 11 is 1.99. The number of rotatable bonds is 3. The van der Waals surface area contributed by atoms with E-state index in [1.807, 2.05) is 11.8 Å². The Morgan fingerprint density at radius 1 is 1.05 bits per heavy atom. The molecule has 1 aliphatic heterocycles. The monoisotopic (exact) mass is 294 g/mol. The third-order valence-electron chi connectivity index (χ3n) is 5.54. The largest absolute Gasteiger partial charge is 0.365 e. The molecule has 0 aromatic carbocycles. The van der Waals surface area contributed by atoms with E-state index >= 15 is 0 Å². The molecule has 3 heteroatoms. The zero-order valence-electron chi connectivity index (χ0n) is 12.8. The van der Waals surface area contributed by atoms with Crippen LogP contribution >= 0.6 is 11.8 Å². The highest BCUT2D eigenvalue weighted by atomic mass is 32.2. The van der Waals surface area contributed by atoms with Crippen molar-refractivity contribution >= 4 is 16.9 Å². The Kier molecular flexibility index (Phi) is 5.30. The summed E-state index contributed by atoms with van der Waals surface area (Å²) in [5.74, 6) is 2.29. The first-order chi connectivity index (χ1) is 9.86. The molecule has 0 amide bonds. The van der Waals surface area contributed by atoms with Gasteiger partial charge in [0.2, 0.25) is 0 Å². The zero-order chi connectivity index (χ0) is 13.7. The van der Waals surface area contributed by atoms with E-state index in [-0.39, 0.29) is 0 Å². The summed E-state index contributed by atoms with van der Waals surface area (Å²) in [6, 6.07) is 0. The SMILES string of the molecule is C1CCC(CCNC2=NCC3(CCCCC3)CS2)CC1. The van der Waals surface area contributed by atoms with Crippen LogP contribution in [-0.4, -0.2) is 24.0 Å². The molecule has 1 spiro atoms. The van der Waals surface area contributed by atoms with Crippen LogP contribution in [0.25, 0.3) is 0 Å². The molecule has 0 atom stereocenters. The van der Waals surface area contributed by atoms with Gasteiger partial charge in [0.1, 0.15) is 0 Å². The maximum absolute atomic E-state index is 4.86. The van der Waals surface area contributed by atoms with Crippen molar-refractivity contribution in [2.75, 3.05) is 18.8 Å². The van der Waals surface area contributed by atoms with Crippen LogP contribution in [0.3, 0.4) is 0 Å². The van der Waals surface area contributed by atoms with Gasteiger partial charge in [0.05, 0.1) is 0 Å². The van der Waals surface area contributed by atoms with E-state index < -0.39 is 0 Å². The van der Waals surface area contributed by atoms with Gasteiger partial charge in [-0.2, -0.15) is 0 Å². The minimum atomic E-state index is 0.567. The van der Waals surface area contributed by atoms with E-state index in [9.17, 15) is 0 Å². The Bertz CT molecular complexity index is 328. The fourth-order valence-corrected chi connectivity index (χ4v) is 5.31. The number of hydrogen-bond acceptors (Lipinski definition) is 3. The highest BCUT2D eigenvalue weighted by molar-refractivity contribution is 8.13. The average Bonchev–Trinajstić information content (AvgIpc) is 2.52. The van der Waals surface area contributed by atoms with Crippen LogP contribution in [0.4, 0.5) is 0 Å². The number of aliphatic imine (C=N–C) groups is 1. The van der Waals surface area contributed by atoms with Crippen LogP contribution in [0, 0.1) is 11.3 Å². The van der Waals surface area contributed by atoms with E-state index in [0.29, 0.717) is 5.41 Å². The maximum atomic E-state index is 4.86. The number of nitrogens with zero attached hydrogens (tertiary/aromatic N) is 1. The lowest BCUT2D eigenvalue weighted by molar-refractivity contribution is 0.232. The lowest BCUT2D eigenvalue weighted by Gasteiger charge is -2.38. The van der Waals surface area contributed by atoms with Crippen molar-refractivity contribution in [1.29, 1.82) is 0 Å². The Hall–Kier alpha value is -0.180. The molecule has 0 radical (unpaired) electrons. The summed E-state index contributed by atoms with van der Waals surface area (Å²) in [6.45, 7) is 2.23. The van der Waals surface area contributed by atoms with Gasteiger partial charge in [-0.15, -0.1) is 0 Å². The topological polar surface area (TPSA) is 24.4 Å². The van der Waals surface area contributed by atoms with Crippen molar-refractivity contribution in [2.45, 2.75) is 70.6 Å². The second kappa shape index (κ2) is 7.20. The summed E-state index contributed by atoms with van der Waals surface area (Å²) in [6.07, 6.45) is 15.8. The zero-order valence-corrected chi connectivity index (χ0v) is 13.6. The van der Waals surface area contributed by atoms with Gasteiger partial charge in [0, 0.05) is 18.8 Å². The van der Waals surface area contributed by atoms with Crippen molar-refractivity contribution in [3.05, 3.63) is 0 Å². The number of thioether (sulfide) groups is 1. The molecule has 3 rings (SSSR count). The first-order valence-electron chi connectivity index (χ1n) is 8.78. The lowest BCUT2D eigenvalue weighted by Crippen LogP contribution is -2.37. The molecule has 3 aliphatic rings. The van der Waals surface area contributed by atoms with E-state index in [1.165, 1.54) is 81.5 Å². The molecule has 1 N–H and O–H groups in total. The van der Waals surface area contributed by atoms with Gasteiger partial charge in [-0.05, 0) is 30.6 Å². The summed E-state index contributed by atoms with van der Waals surface area (Å²) < 4.78 is 0. The third-order valence-corrected chi connectivity index (χ3v) is 6.84. The van der Waals surface area contributed by atoms with E-state index in [1.54, 1.807) is 0 Å². The molecule has 2 aliphatic carbocycles. The molecule has 0 aromatic heterocycles. The predicted molar refractivity (Wildman–Crippen MR) is 89.5 cm³/mol. The first kappa shape index (κ1) is 14.7. The molecule has 114 valence electrons. The lowest BCUT2D eigenvalue weighted by atomic mass is 9.75. The Morgan fingerprint density at radius 2 is 1.80 bits per heavy atom. The Balaban J connectivity index is 1.38. The standard InChI is InChI=1S/C17H30N2S/c1-3-7-15(8-4-1)9-12-18-16-19-13-17(14-20-16)10-5-2-6-11-17/h15H,1-14H2,(H,18,19). The summed E-state index contributed by atoms with van der Waals surface area (Å²) in [7, 11) is 0. The molecule has 0 saturated heterocycles. The molecular formula is C17H30N2S. The molecule has 20 heavy (non-hydrogen) atoms. The maximum Gasteiger partial charge on any atom is 0.156 e. The predicted octanol–water partition coefficient (Wildman–Crippen LogP) is 4.60. The molecule has 2 nitrogen and oxygen atoms in total. The minimum absolute atomic E-state index is 0.567. The molecule has 2 saturated carbocycles. The number of hydrogen-bond donors (Lipinski definition) is 1. The quantitative estimate of drug-likeness (QED) is 0.822. The van der Waals surface area contributed by atoms with Crippen LogP contribution < -0.4 is 5.32 Å². The summed E-state index contributed by atoms with van der Waals surface area (Å²) in [5.41, 5.74) is 0.567. The Labute approximate surface area is 128 Å². The van der Waals surface area contributed by atoms with Gasteiger partial charge in [0.15, 0.2) is 5.17 Å². The number of nitrogens with one attached hydrogen (secondary N) is 1. The van der Waals surface area contributed by atoms with Crippen LogP contribution in [0.15, 0.2) is 4.99 Å². The van der Waals surface area contributed by atoms with E-state index in [4.69, 9.17) is 4.99 Å². The van der Waals surface area contributed by atoms with Crippen LogP contribution in [0.1, 0.15) is 70.6 Å². The van der Waals surface area contributed by atoms with Gasteiger partial charge in [-0.3, -0.25) is 4.99 Å². The fourth-order valence-electron chi connectivity index (χ4n) is 4.12. The highest BCUT2D eigenvalue weighted by Crippen LogP contribution is 2.41. The highest BCUT2D eigenvalue weighted by Gasteiger charge is 2.34. The normalized spacial score (nSPS) is 27.3. The second-order valence-electron chi connectivity index (χ2n) is 7.19. The Morgan fingerprint density at radius 3 is 2.50 bits per heavy atom. The molecule has 0 unspecified atom stereocenters. The second-order valence-corrected chi connectivity index (χ2v) is 8.15. The average molecular weight is 295 g/mol. The van der Waals surface area contributed by atoms with Crippen LogP contribution in [0.5, 0.6) is 0 Å². The smallest absolute Gasteiger partial charge is 0.156 e. The van der Waals surface area contributed by atoms with Gasteiger partial charge < -0.3 is 5.32 Å². The molecule has 2 fully saturated rings. The van der Waals surface area contributed by atoms with Crippen molar-refractivity contribution in [1.82, 2.24) is 5.32 Å². The van der Waals surface area contributed by atoms with Crippen molar-refractivity contribution in [3.63, 3.8) is 0 Å². The summed E-state index contributed by atoms with van der Waals surface area (Å²) in [4.78, 5) is 4.86. The van der Waals surface area contributed by atoms with Crippen LogP contribution in [-0.2, 0) is 0 Å². The molecular weight excluding hydrogens is 264 g/mol. The van der Waals surface area contributed by atoms with Gasteiger partial charge in [-0.25, -0.2) is 0 Å². The third kappa shape index (κ3) is 3.93. The fraction of sp³-hybridized carbons (Fsp3) is 0.941. The van der Waals surface area contributed by atoms with Crippen molar-refractivity contribution < 1.29 is 0 Å². The number of amidine groups is 1. The van der Waals surface area contributed by atoms with Crippen molar-refractivity contribution in [3.8, 4) is 0 Å². The summed E-state index contributed by atoms with van der Waals surface area (Å²) in [5, 5.41) is 4.84. The van der Waals surface area contributed by atoms with Gasteiger partial charge >= 0.3 is 0 Å². The van der Waals surface area contributed by atoms with Crippen LogP contribution in [0.2, 0.25) is 0 Å². The van der Waals surface area contributed by atoms with Crippen molar-refractivity contribution in [2.24, 2.45) is 16.3 Å². The molecule has 0 aromatic rings. The minimum Gasteiger partial charge on any atom is -0.365 e. The van der Waals surface area contributed by atoms with Gasteiger partial charge in [-0.1, -0.05) is 63.1 Å². The molecule has 1 heterocycles. The van der Waals surface area contributed by atoms with E-state index in [0.717, 1.165) is 19.0 Å². The van der Waals surface area contributed by atoms with E-state index in [2.05, 4.69) is 5.32 Å². The van der Waals surface area contributed by atoms with Gasteiger partial charge in [0.25, 0.3) is 0 Å². The first-order valence-corrected chi connectivity index (χ1v) is 9.76. The molecule has 0 bridgehead atoms.